The van der Waals surface area contributed by atoms with Crippen molar-refractivity contribution in [3.63, 3.8) is 0 Å². The molecule has 2 aromatic rings. The monoisotopic (exact) mass is 354 g/mol. The van der Waals surface area contributed by atoms with E-state index in [1.165, 1.54) is 24.3 Å². The quantitative estimate of drug-likeness (QED) is 0.506. The number of carbonyl (C=O) groups is 1. The summed E-state index contributed by atoms with van der Waals surface area (Å²) in [5, 5.41) is 13.9. The maximum absolute atomic E-state index is 12.0. The molecule has 0 spiro atoms. The highest BCUT2D eigenvalue weighted by Crippen LogP contribution is 2.33. The van der Waals surface area contributed by atoms with Crippen LogP contribution >= 0.6 is 0 Å². The Morgan fingerprint density at radius 2 is 2.08 bits per heavy atom. The first-order valence-corrected chi connectivity index (χ1v) is 8.06. The van der Waals surface area contributed by atoms with Crippen molar-refractivity contribution >= 4 is 17.7 Å². The van der Waals surface area contributed by atoms with Crippen LogP contribution in [0.1, 0.15) is 22.3 Å². The number of aryl methyl sites for hydroxylation is 1. The van der Waals surface area contributed by atoms with Crippen molar-refractivity contribution in [3.05, 3.63) is 74.8 Å². The number of nitrogens with zero attached hydrogens (tertiary/aromatic N) is 1. The van der Waals surface area contributed by atoms with Gasteiger partial charge in [0.2, 0.25) is 5.91 Å². The minimum atomic E-state index is -0.482. The van der Waals surface area contributed by atoms with Gasteiger partial charge in [-0.15, -0.1) is 0 Å². The number of hydrogen-bond donors (Lipinski definition) is 1. The zero-order valence-electron chi connectivity index (χ0n) is 14.2. The lowest BCUT2D eigenvalue weighted by atomic mass is 10.1. The summed E-state index contributed by atoms with van der Waals surface area (Å²) in [6, 6.07) is 10.7. The first-order valence-electron chi connectivity index (χ1n) is 8.06. The Kier molecular flexibility index (Phi) is 5.28. The Morgan fingerprint density at radius 1 is 1.31 bits per heavy atom. The highest BCUT2D eigenvalue weighted by atomic mass is 16.7. The van der Waals surface area contributed by atoms with E-state index in [1.807, 2.05) is 31.2 Å². The third-order valence-corrected chi connectivity index (χ3v) is 3.94. The molecule has 1 amide bonds. The van der Waals surface area contributed by atoms with E-state index >= 15 is 0 Å². The summed E-state index contributed by atoms with van der Waals surface area (Å²) in [7, 11) is 0. The predicted molar refractivity (Wildman–Crippen MR) is 95.4 cm³/mol. The minimum absolute atomic E-state index is 0.0717. The van der Waals surface area contributed by atoms with Crippen LogP contribution in [-0.4, -0.2) is 17.6 Å². The van der Waals surface area contributed by atoms with Crippen LogP contribution in [0.2, 0.25) is 0 Å². The minimum Gasteiger partial charge on any atom is -0.467 e. The molecule has 0 atom stereocenters. The fourth-order valence-corrected chi connectivity index (χ4v) is 2.58. The van der Waals surface area contributed by atoms with Gasteiger partial charge in [0, 0.05) is 35.9 Å². The summed E-state index contributed by atoms with van der Waals surface area (Å²) in [6.45, 7) is 2.71. The molecule has 1 aliphatic heterocycles. The Morgan fingerprint density at radius 3 is 2.81 bits per heavy atom. The van der Waals surface area contributed by atoms with Gasteiger partial charge in [0.15, 0.2) is 6.79 Å². The van der Waals surface area contributed by atoms with Gasteiger partial charge in [0.05, 0.1) is 11.5 Å². The van der Waals surface area contributed by atoms with Gasteiger partial charge >= 0.3 is 0 Å². The van der Waals surface area contributed by atoms with E-state index in [-0.39, 0.29) is 25.0 Å². The molecule has 1 N–H and O–H groups in total. The molecule has 1 heterocycles. The molecule has 0 saturated heterocycles. The average Bonchev–Trinajstić information content (AvgIpc) is 2.65. The van der Waals surface area contributed by atoms with Crippen molar-refractivity contribution in [2.24, 2.45) is 0 Å². The second-order valence-corrected chi connectivity index (χ2v) is 5.93. The second-order valence-electron chi connectivity index (χ2n) is 5.93. The lowest BCUT2D eigenvalue weighted by Gasteiger charge is -2.19. The van der Waals surface area contributed by atoms with E-state index in [4.69, 9.17) is 9.47 Å². The number of carbonyl (C=O) groups excluding carboxylic acids is 1. The first kappa shape index (κ1) is 17.6. The normalized spacial score (nSPS) is 13.1. The number of fused-ring (bicyclic) bond motifs is 1. The number of nitro benzene ring substituents is 1. The third kappa shape index (κ3) is 4.25. The highest BCUT2D eigenvalue weighted by Gasteiger charge is 2.19. The first-order chi connectivity index (χ1) is 12.5. The van der Waals surface area contributed by atoms with Crippen LogP contribution in [0.5, 0.6) is 5.75 Å². The summed E-state index contributed by atoms with van der Waals surface area (Å²) >= 11 is 0. The van der Waals surface area contributed by atoms with Gasteiger partial charge in [-0.3, -0.25) is 14.9 Å². The van der Waals surface area contributed by atoms with E-state index < -0.39 is 4.92 Å². The summed E-state index contributed by atoms with van der Waals surface area (Å²) in [5.74, 6) is 0.210. The van der Waals surface area contributed by atoms with Crippen molar-refractivity contribution in [3.8, 4) is 5.75 Å². The van der Waals surface area contributed by atoms with Gasteiger partial charge in [-0.2, -0.15) is 0 Å². The van der Waals surface area contributed by atoms with Crippen LogP contribution in [-0.2, 0) is 22.7 Å². The van der Waals surface area contributed by atoms with E-state index in [0.717, 1.165) is 11.1 Å². The molecule has 0 saturated carbocycles. The summed E-state index contributed by atoms with van der Waals surface area (Å²) < 4.78 is 10.6. The molecule has 0 fully saturated rings. The molecule has 26 heavy (non-hydrogen) atoms. The average molecular weight is 354 g/mol. The molecule has 1 aliphatic rings. The molecule has 0 bridgehead atoms. The van der Waals surface area contributed by atoms with Crippen LogP contribution < -0.4 is 10.1 Å². The van der Waals surface area contributed by atoms with Crippen LogP contribution in [0.25, 0.3) is 6.08 Å². The summed E-state index contributed by atoms with van der Waals surface area (Å²) in [4.78, 5) is 22.6. The van der Waals surface area contributed by atoms with Crippen molar-refractivity contribution < 1.29 is 19.2 Å². The highest BCUT2D eigenvalue weighted by molar-refractivity contribution is 5.92. The van der Waals surface area contributed by atoms with Crippen LogP contribution in [0, 0.1) is 17.0 Å². The summed E-state index contributed by atoms with van der Waals surface area (Å²) in [6.07, 6.45) is 2.86. The SMILES string of the molecule is Cc1ccc(CNC(=O)/C=C/c2cc([N+](=O)[O-])cc3c2OCOC3)cc1. The van der Waals surface area contributed by atoms with Gasteiger partial charge in [-0.25, -0.2) is 0 Å². The predicted octanol–water partition coefficient (Wildman–Crippen LogP) is 3.10. The van der Waals surface area contributed by atoms with Gasteiger partial charge in [0.25, 0.3) is 5.69 Å². The lowest BCUT2D eigenvalue weighted by molar-refractivity contribution is -0.385. The smallest absolute Gasteiger partial charge is 0.270 e. The summed E-state index contributed by atoms with van der Waals surface area (Å²) in [5.41, 5.74) is 3.13. The van der Waals surface area contributed by atoms with Gasteiger partial charge < -0.3 is 14.8 Å². The Hall–Kier alpha value is -3.19. The second kappa shape index (κ2) is 7.79. The fraction of sp³-hybridized carbons (Fsp3) is 0.211. The number of benzene rings is 2. The number of hydrogen-bond acceptors (Lipinski definition) is 5. The number of rotatable bonds is 5. The third-order valence-electron chi connectivity index (χ3n) is 3.94. The molecule has 3 rings (SSSR count). The largest absolute Gasteiger partial charge is 0.467 e. The molecule has 2 aromatic carbocycles. The van der Waals surface area contributed by atoms with Gasteiger partial charge in [-0.1, -0.05) is 29.8 Å². The zero-order valence-corrected chi connectivity index (χ0v) is 14.2. The van der Waals surface area contributed by atoms with Crippen molar-refractivity contribution in [2.75, 3.05) is 6.79 Å². The number of non-ortho nitro benzene ring substituents is 1. The van der Waals surface area contributed by atoms with E-state index in [1.54, 1.807) is 0 Å². The Bertz CT molecular complexity index is 859. The van der Waals surface area contributed by atoms with Crippen LogP contribution in [0.4, 0.5) is 5.69 Å². The fourth-order valence-electron chi connectivity index (χ4n) is 2.58. The zero-order chi connectivity index (χ0) is 18.5. The maximum atomic E-state index is 12.0. The molecule has 7 nitrogen and oxygen atoms in total. The topological polar surface area (TPSA) is 90.7 Å². The van der Waals surface area contributed by atoms with Crippen molar-refractivity contribution in [1.29, 1.82) is 0 Å². The van der Waals surface area contributed by atoms with Crippen molar-refractivity contribution in [1.82, 2.24) is 5.32 Å². The number of nitrogens with one attached hydrogen (secondary N) is 1. The van der Waals surface area contributed by atoms with Crippen molar-refractivity contribution in [2.45, 2.75) is 20.1 Å². The van der Waals surface area contributed by atoms with E-state index in [0.29, 0.717) is 23.4 Å². The Labute approximate surface area is 150 Å². The van der Waals surface area contributed by atoms with Gasteiger partial charge in [0.1, 0.15) is 5.75 Å². The molecular formula is C19H18N2O5. The molecule has 0 unspecified atom stereocenters. The number of amides is 1. The van der Waals surface area contributed by atoms with Gasteiger partial charge in [-0.05, 0) is 18.6 Å². The molecular weight excluding hydrogens is 336 g/mol. The van der Waals surface area contributed by atoms with Crippen LogP contribution in [0.15, 0.2) is 42.5 Å². The maximum Gasteiger partial charge on any atom is 0.270 e. The van der Waals surface area contributed by atoms with Crippen LogP contribution in [0.3, 0.4) is 0 Å². The molecule has 0 aromatic heterocycles. The molecule has 0 aliphatic carbocycles. The standard InChI is InChI=1S/C19H18N2O5/c1-13-2-4-14(5-3-13)10-20-18(22)7-6-15-8-17(21(23)24)9-16-11-25-12-26-19(15)16/h2-9H,10-12H2,1H3,(H,20,22)/b7-6+. The molecule has 134 valence electrons. The van der Waals surface area contributed by atoms with E-state index in [9.17, 15) is 14.9 Å². The number of nitro groups is 1. The Balaban J connectivity index is 1.72. The molecule has 0 radical (unpaired) electrons. The lowest BCUT2D eigenvalue weighted by Crippen LogP contribution is -2.20. The van der Waals surface area contributed by atoms with E-state index in [2.05, 4.69) is 5.32 Å². The molecule has 7 heteroatoms. The number of ether oxygens (including phenoxy) is 2.